The lowest BCUT2D eigenvalue weighted by atomic mass is 10.0. The molecule has 3 rings (SSSR count). The number of fused-ring (bicyclic) bond motifs is 1. The van der Waals surface area contributed by atoms with Crippen molar-refractivity contribution in [1.82, 2.24) is 15.0 Å². The molecule has 0 aliphatic carbocycles. The van der Waals surface area contributed by atoms with Gasteiger partial charge in [0.15, 0.2) is 0 Å². The Bertz CT molecular complexity index is 816. The molecule has 0 amide bonds. The number of furan rings is 1. The second kappa shape index (κ2) is 7.05. The standard InChI is InChI=1S/C18H19N3O2/c1-2-3-4-5-6-16(21-11-10-19-20-21)18(22)15-7-8-17-14(13-15)9-12-23-17/h6-13H,2-5H2,1H3. The van der Waals surface area contributed by atoms with E-state index < -0.39 is 0 Å². The predicted octanol–water partition coefficient (Wildman–Crippen LogP) is 4.33. The molecule has 3 aromatic rings. The SMILES string of the molecule is CCCCCC=C(C(=O)c1ccc2occc2c1)n1ccnn1. The Morgan fingerprint density at radius 3 is 3.00 bits per heavy atom. The summed E-state index contributed by atoms with van der Waals surface area (Å²) in [6.07, 6.45) is 11.1. The molecular formula is C18H19N3O2. The van der Waals surface area contributed by atoms with Crippen molar-refractivity contribution in [2.75, 3.05) is 0 Å². The number of Topliss-reactive ketones (excluding diaryl/α,β-unsaturated/α-hetero) is 1. The van der Waals surface area contributed by atoms with Crippen LogP contribution in [0.25, 0.3) is 16.7 Å². The van der Waals surface area contributed by atoms with Crippen LogP contribution in [0.3, 0.4) is 0 Å². The van der Waals surface area contributed by atoms with Gasteiger partial charge in [0.25, 0.3) is 0 Å². The van der Waals surface area contributed by atoms with Crippen LogP contribution in [0.5, 0.6) is 0 Å². The van der Waals surface area contributed by atoms with E-state index in [0.717, 1.165) is 36.7 Å². The molecule has 23 heavy (non-hydrogen) atoms. The number of allylic oxidation sites excluding steroid dienone is 2. The van der Waals surface area contributed by atoms with Crippen LogP contribution in [0.4, 0.5) is 0 Å². The van der Waals surface area contributed by atoms with Crippen molar-refractivity contribution >= 4 is 22.4 Å². The topological polar surface area (TPSA) is 60.9 Å². The van der Waals surface area contributed by atoms with Gasteiger partial charge >= 0.3 is 0 Å². The highest BCUT2D eigenvalue weighted by molar-refractivity contribution is 6.24. The molecule has 0 N–H and O–H groups in total. The molecule has 2 aromatic heterocycles. The zero-order valence-electron chi connectivity index (χ0n) is 13.1. The van der Waals surface area contributed by atoms with Crippen molar-refractivity contribution in [2.24, 2.45) is 0 Å². The first kappa shape index (κ1) is 15.2. The van der Waals surface area contributed by atoms with E-state index in [1.807, 2.05) is 24.3 Å². The van der Waals surface area contributed by atoms with Crippen molar-refractivity contribution < 1.29 is 9.21 Å². The smallest absolute Gasteiger partial charge is 0.211 e. The van der Waals surface area contributed by atoms with E-state index in [9.17, 15) is 4.79 Å². The van der Waals surface area contributed by atoms with Crippen molar-refractivity contribution in [1.29, 1.82) is 0 Å². The second-order valence-corrected chi connectivity index (χ2v) is 5.44. The Morgan fingerprint density at radius 1 is 1.30 bits per heavy atom. The molecule has 0 unspecified atom stereocenters. The third-order valence-electron chi connectivity index (χ3n) is 3.76. The molecule has 0 radical (unpaired) electrons. The summed E-state index contributed by atoms with van der Waals surface area (Å²) in [6, 6.07) is 7.30. The van der Waals surface area contributed by atoms with Gasteiger partial charge in [0.1, 0.15) is 11.3 Å². The summed E-state index contributed by atoms with van der Waals surface area (Å²) < 4.78 is 6.86. The third kappa shape index (κ3) is 3.39. The number of ketones is 1. The number of nitrogens with zero attached hydrogens (tertiary/aromatic N) is 3. The molecule has 0 saturated heterocycles. The quantitative estimate of drug-likeness (QED) is 0.370. The highest BCUT2D eigenvalue weighted by Gasteiger charge is 2.15. The summed E-state index contributed by atoms with van der Waals surface area (Å²) in [6.45, 7) is 2.16. The number of benzene rings is 1. The Kier molecular flexibility index (Phi) is 4.66. The van der Waals surface area contributed by atoms with Gasteiger partial charge < -0.3 is 4.42 Å². The van der Waals surface area contributed by atoms with Crippen molar-refractivity contribution in [2.45, 2.75) is 32.6 Å². The van der Waals surface area contributed by atoms with E-state index in [2.05, 4.69) is 17.2 Å². The molecule has 5 nitrogen and oxygen atoms in total. The zero-order valence-corrected chi connectivity index (χ0v) is 13.1. The second-order valence-electron chi connectivity index (χ2n) is 5.44. The number of hydrogen-bond acceptors (Lipinski definition) is 4. The average Bonchev–Trinajstić information content (AvgIpc) is 3.25. The number of hydrogen-bond donors (Lipinski definition) is 0. The van der Waals surface area contributed by atoms with E-state index in [1.165, 1.54) is 4.68 Å². The van der Waals surface area contributed by atoms with Gasteiger partial charge in [-0.15, -0.1) is 5.10 Å². The van der Waals surface area contributed by atoms with Crippen LogP contribution in [0.2, 0.25) is 0 Å². The van der Waals surface area contributed by atoms with Crippen molar-refractivity contribution in [3.63, 3.8) is 0 Å². The lowest BCUT2D eigenvalue weighted by Crippen LogP contribution is -2.10. The molecule has 1 aromatic carbocycles. The molecule has 2 heterocycles. The molecule has 0 fully saturated rings. The highest BCUT2D eigenvalue weighted by atomic mass is 16.3. The van der Waals surface area contributed by atoms with Crippen molar-refractivity contribution in [3.8, 4) is 0 Å². The van der Waals surface area contributed by atoms with Gasteiger partial charge in [-0.1, -0.05) is 31.1 Å². The summed E-state index contributed by atoms with van der Waals surface area (Å²) in [7, 11) is 0. The Morgan fingerprint density at radius 2 is 2.22 bits per heavy atom. The maximum atomic E-state index is 12.9. The van der Waals surface area contributed by atoms with Gasteiger partial charge in [-0.2, -0.15) is 0 Å². The molecule has 0 saturated carbocycles. The van der Waals surface area contributed by atoms with Gasteiger partial charge in [-0.25, -0.2) is 4.68 Å². The molecule has 0 aliphatic heterocycles. The van der Waals surface area contributed by atoms with Crippen LogP contribution < -0.4 is 0 Å². The summed E-state index contributed by atoms with van der Waals surface area (Å²) in [5.74, 6) is -0.0601. The third-order valence-corrected chi connectivity index (χ3v) is 3.76. The Balaban J connectivity index is 1.90. The lowest BCUT2D eigenvalue weighted by molar-refractivity contribution is 0.104. The largest absolute Gasteiger partial charge is 0.464 e. The van der Waals surface area contributed by atoms with Gasteiger partial charge in [0, 0.05) is 10.9 Å². The molecule has 0 atom stereocenters. The number of aromatic nitrogens is 3. The normalized spacial score (nSPS) is 12.0. The Hall–Kier alpha value is -2.69. The minimum atomic E-state index is -0.0601. The Labute approximate surface area is 134 Å². The van der Waals surface area contributed by atoms with E-state index in [0.29, 0.717) is 11.3 Å². The van der Waals surface area contributed by atoms with Gasteiger partial charge in [-0.3, -0.25) is 4.79 Å². The van der Waals surface area contributed by atoms with Crippen LogP contribution in [0.1, 0.15) is 43.0 Å². The summed E-state index contributed by atoms with van der Waals surface area (Å²) in [4.78, 5) is 12.9. The first-order chi connectivity index (χ1) is 11.3. The number of unbranched alkanes of at least 4 members (excludes halogenated alkanes) is 3. The fourth-order valence-corrected chi connectivity index (χ4v) is 2.52. The van der Waals surface area contributed by atoms with Gasteiger partial charge in [0.2, 0.25) is 5.78 Å². The van der Waals surface area contributed by atoms with Crippen LogP contribution >= 0.6 is 0 Å². The van der Waals surface area contributed by atoms with Crippen LogP contribution in [-0.2, 0) is 0 Å². The van der Waals surface area contributed by atoms with E-state index in [1.54, 1.807) is 24.7 Å². The predicted molar refractivity (Wildman–Crippen MR) is 89.0 cm³/mol. The average molecular weight is 309 g/mol. The molecular weight excluding hydrogens is 290 g/mol. The minimum absolute atomic E-state index is 0.0601. The van der Waals surface area contributed by atoms with Crippen LogP contribution in [-0.4, -0.2) is 20.8 Å². The first-order valence-electron chi connectivity index (χ1n) is 7.88. The summed E-state index contributed by atoms with van der Waals surface area (Å²) in [5.41, 5.74) is 1.94. The molecule has 0 aliphatic rings. The van der Waals surface area contributed by atoms with Crippen molar-refractivity contribution in [3.05, 3.63) is 54.6 Å². The van der Waals surface area contributed by atoms with E-state index >= 15 is 0 Å². The summed E-state index contributed by atoms with van der Waals surface area (Å²) >= 11 is 0. The first-order valence-corrected chi connectivity index (χ1v) is 7.88. The number of carbonyl (C=O) groups excluding carboxylic acids is 1. The number of carbonyl (C=O) groups is 1. The van der Waals surface area contributed by atoms with Crippen LogP contribution in [0.15, 0.2) is 53.4 Å². The van der Waals surface area contributed by atoms with Gasteiger partial charge in [0.05, 0.1) is 18.7 Å². The highest BCUT2D eigenvalue weighted by Crippen LogP contribution is 2.21. The fraction of sp³-hybridized carbons (Fsp3) is 0.278. The maximum absolute atomic E-state index is 12.9. The monoisotopic (exact) mass is 309 g/mol. The molecule has 5 heteroatoms. The maximum Gasteiger partial charge on any atom is 0.211 e. The van der Waals surface area contributed by atoms with E-state index in [4.69, 9.17) is 4.42 Å². The minimum Gasteiger partial charge on any atom is -0.464 e. The van der Waals surface area contributed by atoms with Gasteiger partial charge in [-0.05, 0) is 37.1 Å². The fourth-order valence-electron chi connectivity index (χ4n) is 2.52. The number of rotatable bonds is 7. The summed E-state index contributed by atoms with van der Waals surface area (Å²) in [5, 5.41) is 8.70. The molecule has 0 spiro atoms. The lowest BCUT2D eigenvalue weighted by Gasteiger charge is -2.07. The zero-order chi connectivity index (χ0) is 16.1. The van der Waals surface area contributed by atoms with E-state index in [-0.39, 0.29) is 5.78 Å². The molecule has 118 valence electrons. The van der Waals surface area contributed by atoms with Crippen LogP contribution in [0, 0.1) is 0 Å². The molecule has 0 bridgehead atoms.